The van der Waals surface area contributed by atoms with E-state index in [1.807, 2.05) is 24.4 Å². The van der Waals surface area contributed by atoms with Crippen LogP contribution >= 0.6 is 15.9 Å². The molecule has 2 fully saturated rings. The standard InChI is InChI=1S/C32H38BrN3O2/c1-38-32(37)20-23-6-4-9-25(18-23)26-15-16-34-31(21-26)35-30-10-3-2-8-27(30)19-24-7-5-17-36(22-24)29-13-11-28(33)12-14-29/h4,6,9,11-16,18,21,24,27,30H,2-3,5,7-8,10,17,19-20,22H2,1H3,(H,34,35)/t24-,27+,30-/m1/s1. The number of hydrogen-bond donors (Lipinski definition) is 1. The van der Waals surface area contributed by atoms with Crippen molar-refractivity contribution in [1.82, 2.24) is 4.98 Å². The van der Waals surface area contributed by atoms with Crippen LogP contribution in [0.5, 0.6) is 0 Å². The van der Waals surface area contributed by atoms with Gasteiger partial charge in [-0.15, -0.1) is 0 Å². The summed E-state index contributed by atoms with van der Waals surface area (Å²) in [4.78, 5) is 19.0. The highest BCUT2D eigenvalue weighted by molar-refractivity contribution is 9.10. The Bertz CT molecular complexity index is 1220. The number of ether oxygens (including phenoxy) is 1. The molecule has 0 unspecified atom stereocenters. The zero-order valence-corrected chi connectivity index (χ0v) is 23.8. The predicted molar refractivity (Wildman–Crippen MR) is 158 cm³/mol. The Balaban J connectivity index is 1.24. The molecule has 0 amide bonds. The predicted octanol–water partition coefficient (Wildman–Crippen LogP) is 7.50. The summed E-state index contributed by atoms with van der Waals surface area (Å²) in [6, 6.07) is 21.5. The Morgan fingerprint density at radius 2 is 1.84 bits per heavy atom. The van der Waals surface area contributed by atoms with Crippen LogP contribution in [-0.2, 0) is 16.0 Å². The summed E-state index contributed by atoms with van der Waals surface area (Å²) < 4.78 is 5.97. The van der Waals surface area contributed by atoms with Gasteiger partial charge in [0.2, 0.25) is 0 Å². The molecule has 200 valence electrons. The zero-order chi connectivity index (χ0) is 26.3. The molecule has 0 radical (unpaired) electrons. The molecule has 2 aromatic carbocycles. The highest BCUT2D eigenvalue weighted by Gasteiger charge is 2.30. The van der Waals surface area contributed by atoms with Crippen LogP contribution in [0.2, 0.25) is 0 Å². The number of nitrogens with one attached hydrogen (secondary N) is 1. The number of rotatable bonds is 8. The first-order valence-corrected chi connectivity index (χ1v) is 14.8. The molecule has 1 aliphatic heterocycles. The van der Waals surface area contributed by atoms with E-state index in [9.17, 15) is 4.79 Å². The van der Waals surface area contributed by atoms with Crippen molar-refractivity contribution in [2.75, 3.05) is 30.4 Å². The zero-order valence-electron chi connectivity index (χ0n) is 22.2. The van der Waals surface area contributed by atoms with Crippen LogP contribution in [-0.4, -0.2) is 37.2 Å². The molecule has 0 bridgehead atoms. The molecule has 1 saturated carbocycles. The van der Waals surface area contributed by atoms with Crippen LogP contribution in [0.4, 0.5) is 11.5 Å². The number of halogens is 1. The number of carbonyl (C=O) groups is 1. The fourth-order valence-electron chi connectivity index (χ4n) is 6.23. The van der Waals surface area contributed by atoms with Crippen molar-refractivity contribution in [1.29, 1.82) is 0 Å². The van der Waals surface area contributed by atoms with Crippen LogP contribution in [0.15, 0.2) is 71.3 Å². The molecule has 2 aliphatic rings. The minimum Gasteiger partial charge on any atom is -0.469 e. The third kappa shape index (κ3) is 6.96. The van der Waals surface area contributed by atoms with E-state index in [2.05, 4.69) is 73.6 Å². The Kier molecular flexibility index (Phi) is 9.00. The number of methoxy groups -OCH3 is 1. The smallest absolute Gasteiger partial charge is 0.309 e. The van der Waals surface area contributed by atoms with Crippen LogP contribution in [0.1, 0.15) is 50.5 Å². The number of esters is 1. The van der Waals surface area contributed by atoms with Gasteiger partial charge in [-0.2, -0.15) is 0 Å². The third-order valence-electron chi connectivity index (χ3n) is 8.19. The molecule has 3 atom stereocenters. The maximum atomic E-state index is 11.7. The molecule has 1 aromatic heterocycles. The molecular weight excluding hydrogens is 538 g/mol. The summed E-state index contributed by atoms with van der Waals surface area (Å²) in [6.45, 7) is 2.31. The molecule has 1 saturated heterocycles. The first kappa shape index (κ1) is 26.7. The Morgan fingerprint density at radius 1 is 1.03 bits per heavy atom. The SMILES string of the molecule is COC(=O)Cc1cccc(-c2ccnc(N[C@@H]3CCCC[C@H]3C[C@H]3CCCN(c4ccc(Br)cc4)C3)c2)c1. The number of pyridine rings is 1. The monoisotopic (exact) mass is 575 g/mol. The lowest BCUT2D eigenvalue weighted by atomic mass is 9.77. The van der Waals surface area contributed by atoms with Gasteiger partial charge in [0.1, 0.15) is 5.82 Å². The summed E-state index contributed by atoms with van der Waals surface area (Å²) in [5.41, 5.74) is 4.50. The Morgan fingerprint density at radius 3 is 2.68 bits per heavy atom. The first-order chi connectivity index (χ1) is 18.6. The van der Waals surface area contributed by atoms with Crippen LogP contribution in [0.25, 0.3) is 11.1 Å². The largest absolute Gasteiger partial charge is 0.469 e. The molecule has 3 aromatic rings. The van der Waals surface area contributed by atoms with E-state index < -0.39 is 0 Å². The molecule has 5 nitrogen and oxygen atoms in total. The number of hydrogen-bond acceptors (Lipinski definition) is 5. The molecular formula is C32H38BrN3O2. The maximum absolute atomic E-state index is 11.7. The van der Waals surface area contributed by atoms with Crippen LogP contribution < -0.4 is 10.2 Å². The minimum atomic E-state index is -0.222. The van der Waals surface area contributed by atoms with Gasteiger partial charge in [-0.1, -0.05) is 53.0 Å². The molecule has 38 heavy (non-hydrogen) atoms. The highest BCUT2D eigenvalue weighted by atomic mass is 79.9. The summed E-state index contributed by atoms with van der Waals surface area (Å²) in [5.74, 6) is 2.13. The normalized spacial score (nSPS) is 21.6. The topological polar surface area (TPSA) is 54.5 Å². The summed E-state index contributed by atoms with van der Waals surface area (Å²) in [7, 11) is 1.43. The van der Waals surface area contributed by atoms with Crippen molar-refractivity contribution < 1.29 is 9.53 Å². The number of aromatic nitrogens is 1. The molecule has 0 spiro atoms. The van der Waals surface area contributed by atoms with Crippen molar-refractivity contribution in [3.63, 3.8) is 0 Å². The molecule has 5 rings (SSSR count). The summed E-state index contributed by atoms with van der Waals surface area (Å²) in [6.07, 6.45) is 11.1. The van der Waals surface area contributed by atoms with Crippen LogP contribution in [0.3, 0.4) is 0 Å². The fourth-order valence-corrected chi connectivity index (χ4v) is 6.49. The van der Waals surface area contributed by atoms with E-state index in [4.69, 9.17) is 4.74 Å². The summed E-state index contributed by atoms with van der Waals surface area (Å²) in [5, 5.41) is 3.83. The number of piperidine rings is 1. The third-order valence-corrected chi connectivity index (χ3v) is 8.71. The van der Waals surface area contributed by atoms with E-state index in [1.54, 1.807) is 0 Å². The van der Waals surface area contributed by atoms with Gasteiger partial charge in [0.25, 0.3) is 0 Å². The summed E-state index contributed by atoms with van der Waals surface area (Å²) >= 11 is 3.57. The minimum absolute atomic E-state index is 0.222. The van der Waals surface area contributed by atoms with E-state index in [0.29, 0.717) is 12.0 Å². The van der Waals surface area contributed by atoms with E-state index in [1.165, 1.54) is 57.7 Å². The highest BCUT2D eigenvalue weighted by Crippen LogP contribution is 2.35. The Labute approximate surface area is 235 Å². The van der Waals surface area contributed by atoms with Gasteiger partial charge in [0, 0.05) is 35.5 Å². The average Bonchev–Trinajstić information content (AvgIpc) is 2.95. The van der Waals surface area contributed by atoms with Gasteiger partial charge in [0.15, 0.2) is 0 Å². The van der Waals surface area contributed by atoms with E-state index >= 15 is 0 Å². The van der Waals surface area contributed by atoms with Gasteiger partial charge in [-0.3, -0.25) is 4.79 Å². The number of benzene rings is 2. The van der Waals surface area contributed by atoms with Crippen molar-refractivity contribution in [2.24, 2.45) is 11.8 Å². The second-order valence-electron chi connectivity index (χ2n) is 10.8. The van der Waals surface area contributed by atoms with E-state index in [-0.39, 0.29) is 12.4 Å². The lowest BCUT2D eigenvalue weighted by molar-refractivity contribution is -0.139. The average molecular weight is 577 g/mol. The second kappa shape index (κ2) is 12.8. The fraction of sp³-hybridized carbons (Fsp3) is 0.438. The van der Waals surface area contributed by atoms with Crippen molar-refractivity contribution in [3.8, 4) is 11.1 Å². The maximum Gasteiger partial charge on any atom is 0.309 e. The molecule has 2 heterocycles. The Hall–Kier alpha value is -2.86. The first-order valence-electron chi connectivity index (χ1n) is 14.0. The van der Waals surface area contributed by atoms with E-state index in [0.717, 1.165) is 46.0 Å². The number of carbonyl (C=O) groups excluding carboxylic acids is 1. The van der Waals surface area contributed by atoms with Crippen LogP contribution in [0, 0.1) is 11.8 Å². The van der Waals surface area contributed by atoms with Gasteiger partial charge in [-0.25, -0.2) is 4.98 Å². The van der Waals surface area contributed by atoms with Crippen molar-refractivity contribution in [3.05, 3.63) is 76.9 Å². The lowest BCUT2D eigenvalue weighted by Crippen LogP contribution is -2.39. The van der Waals surface area contributed by atoms with Gasteiger partial charge < -0.3 is 15.0 Å². The molecule has 1 aliphatic carbocycles. The lowest BCUT2D eigenvalue weighted by Gasteiger charge is -2.39. The van der Waals surface area contributed by atoms with Crippen molar-refractivity contribution in [2.45, 2.75) is 57.4 Å². The van der Waals surface area contributed by atoms with Gasteiger partial charge in [0.05, 0.1) is 13.5 Å². The molecule has 1 N–H and O–H groups in total. The number of nitrogens with zero attached hydrogens (tertiary/aromatic N) is 2. The van der Waals surface area contributed by atoms with Crippen molar-refractivity contribution >= 4 is 33.4 Å². The second-order valence-corrected chi connectivity index (χ2v) is 11.8. The quantitative estimate of drug-likeness (QED) is 0.282. The van der Waals surface area contributed by atoms with Gasteiger partial charge >= 0.3 is 5.97 Å². The van der Waals surface area contributed by atoms with Gasteiger partial charge in [-0.05, 0) is 97.0 Å². The number of anilines is 2. The molecule has 6 heteroatoms.